The van der Waals surface area contributed by atoms with Crippen LogP contribution in [0.15, 0.2) is 4.52 Å². The van der Waals surface area contributed by atoms with Gasteiger partial charge in [0.2, 0.25) is 11.8 Å². The Morgan fingerprint density at radius 3 is 2.68 bits per heavy atom. The van der Waals surface area contributed by atoms with E-state index in [0.717, 1.165) is 50.7 Å². The van der Waals surface area contributed by atoms with Gasteiger partial charge < -0.3 is 9.42 Å². The average Bonchev–Trinajstić information content (AvgIpc) is 3.22. The Hall–Kier alpha value is -1.43. The van der Waals surface area contributed by atoms with Crippen LogP contribution in [-0.2, 0) is 4.79 Å². The van der Waals surface area contributed by atoms with Gasteiger partial charge in [0.25, 0.3) is 0 Å². The van der Waals surface area contributed by atoms with Crippen molar-refractivity contribution in [3.63, 3.8) is 0 Å². The zero-order valence-corrected chi connectivity index (χ0v) is 15.3. The minimum atomic E-state index is 0.130. The molecule has 2 aliphatic carbocycles. The fourth-order valence-corrected chi connectivity index (χ4v) is 4.25. The van der Waals surface area contributed by atoms with Gasteiger partial charge in [0, 0.05) is 38.5 Å². The molecule has 138 valence electrons. The van der Waals surface area contributed by atoms with E-state index in [-0.39, 0.29) is 6.04 Å². The summed E-state index contributed by atoms with van der Waals surface area (Å²) in [6.45, 7) is 5.71. The van der Waals surface area contributed by atoms with Gasteiger partial charge in [-0.05, 0) is 44.9 Å². The molecule has 6 heteroatoms. The lowest BCUT2D eigenvalue weighted by Gasteiger charge is -2.25. The first kappa shape index (κ1) is 17.0. The van der Waals surface area contributed by atoms with Gasteiger partial charge in [-0.15, -0.1) is 0 Å². The van der Waals surface area contributed by atoms with Crippen molar-refractivity contribution in [3.8, 4) is 0 Å². The van der Waals surface area contributed by atoms with Gasteiger partial charge in [-0.25, -0.2) is 0 Å². The summed E-state index contributed by atoms with van der Waals surface area (Å²) in [7, 11) is 0. The molecule has 25 heavy (non-hydrogen) atoms. The maximum Gasteiger partial charge on any atom is 0.243 e. The molecule has 3 fully saturated rings. The Labute approximate surface area is 149 Å². The number of hydrogen-bond donors (Lipinski definition) is 0. The van der Waals surface area contributed by atoms with Crippen LogP contribution in [0.3, 0.4) is 0 Å². The highest BCUT2D eigenvalue weighted by molar-refractivity contribution is 5.76. The van der Waals surface area contributed by atoms with E-state index < -0.39 is 0 Å². The fraction of sp³-hybridized carbons (Fsp3) is 0.842. The molecule has 0 radical (unpaired) electrons. The zero-order valence-electron chi connectivity index (χ0n) is 15.3. The van der Waals surface area contributed by atoms with E-state index in [1.54, 1.807) is 0 Å². The van der Waals surface area contributed by atoms with Crippen LogP contribution >= 0.6 is 0 Å². The predicted molar refractivity (Wildman–Crippen MR) is 94.0 cm³/mol. The van der Waals surface area contributed by atoms with Crippen LogP contribution in [0, 0.1) is 5.92 Å². The van der Waals surface area contributed by atoms with Gasteiger partial charge >= 0.3 is 0 Å². The quantitative estimate of drug-likeness (QED) is 0.820. The summed E-state index contributed by atoms with van der Waals surface area (Å²) in [5, 5.41) is 4.14. The highest BCUT2D eigenvalue weighted by atomic mass is 16.5. The molecule has 1 amide bonds. The Morgan fingerprint density at radius 2 is 1.92 bits per heavy atom. The highest BCUT2D eigenvalue weighted by Crippen LogP contribution is 2.38. The van der Waals surface area contributed by atoms with Gasteiger partial charge in [-0.3, -0.25) is 9.69 Å². The molecule has 1 aromatic heterocycles. The lowest BCUT2D eigenvalue weighted by atomic mass is 10.0. The van der Waals surface area contributed by atoms with Gasteiger partial charge in [-0.1, -0.05) is 18.0 Å². The number of nitrogens with zero attached hydrogens (tertiary/aromatic N) is 4. The second-order valence-electron chi connectivity index (χ2n) is 8.07. The first-order chi connectivity index (χ1) is 12.2. The molecule has 1 aromatic rings. The molecule has 2 saturated carbocycles. The molecule has 2 heterocycles. The van der Waals surface area contributed by atoms with E-state index in [0.29, 0.717) is 17.7 Å². The molecule has 0 N–H and O–H groups in total. The van der Waals surface area contributed by atoms with Crippen molar-refractivity contribution >= 4 is 5.91 Å². The third-order valence-corrected chi connectivity index (χ3v) is 6.13. The summed E-state index contributed by atoms with van der Waals surface area (Å²) < 4.78 is 5.50. The smallest absolute Gasteiger partial charge is 0.243 e. The topological polar surface area (TPSA) is 62.5 Å². The molecule has 0 spiro atoms. The largest absolute Gasteiger partial charge is 0.341 e. The summed E-state index contributed by atoms with van der Waals surface area (Å²) in [5.74, 6) is 3.12. The Morgan fingerprint density at radius 1 is 1.12 bits per heavy atom. The third-order valence-electron chi connectivity index (χ3n) is 6.13. The minimum Gasteiger partial charge on any atom is -0.341 e. The van der Waals surface area contributed by atoms with Crippen molar-refractivity contribution < 1.29 is 9.32 Å². The van der Waals surface area contributed by atoms with Crippen LogP contribution in [0.1, 0.15) is 82.0 Å². The zero-order chi connectivity index (χ0) is 17.2. The van der Waals surface area contributed by atoms with E-state index in [9.17, 15) is 4.79 Å². The average molecular weight is 346 g/mol. The molecule has 1 aliphatic heterocycles. The van der Waals surface area contributed by atoms with Gasteiger partial charge in [0.15, 0.2) is 5.82 Å². The van der Waals surface area contributed by atoms with E-state index in [1.165, 1.54) is 38.5 Å². The monoisotopic (exact) mass is 346 g/mol. The standard InChI is InChI=1S/C19H30N4O2/c1-14(19-20-18(21-25-19)16-7-8-16)22-9-4-10-23(12-11-22)17(24)13-15-5-2-3-6-15/h14-16H,2-13H2,1H3/t14-/m0/s1. The van der Waals surface area contributed by atoms with E-state index >= 15 is 0 Å². The molecule has 0 bridgehead atoms. The van der Waals surface area contributed by atoms with Gasteiger partial charge in [0.05, 0.1) is 6.04 Å². The normalized spacial score (nSPS) is 24.4. The number of hydrogen-bond acceptors (Lipinski definition) is 5. The second-order valence-corrected chi connectivity index (χ2v) is 8.07. The van der Waals surface area contributed by atoms with Crippen molar-refractivity contribution in [3.05, 3.63) is 11.7 Å². The SMILES string of the molecule is C[C@@H](c1nc(C2CC2)no1)N1CCCN(C(=O)CC2CCCC2)CC1. The highest BCUT2D eigenvalue weighted by Gasteiger charge is 2.31. The number of rotatable bonds is 5. The molecule has 0 aromatic carbocycles. The van der Waals surface area contributed by atoms with E-state index in [2.05, 4.69) is 26.9 Å². The minimum absolute atomic E-state index is 0.130. The summed E-state index contributed by atoms with van der Waals surface area (Å²) in [6, 6.07) is 0.130. The van der Waals surface area contributed by atoms with Crippen molar-refractivity contribution in [2.24, 2.45) is 5.92 Å². The molecule has 1 saturated heterocycles. The summed E-state index contributed by atoms with van der Waals surface area (Å²) in [4.78, 5) is 21.7. The van der Waals surface area contributed by atoms with Crippen molar-refractivity contribution in [1.29, 1.82) is 0 Å². The number of carbonyl (C=O) groups excluding carboxylic acids is 1. The Bertz CT molecular complexity index is 592. The molecule has 6 nitrogen and oxygen atoms in total. The lowest BCUT2D eigenvalue weighted by molar-refractivity contribution is -0.132. The van der Waals surface area contributed by atoms with Crippen LogP contribution < -0.4 is 0 Å². The lowest BCUT2D eigenvalue weighted by Crippen LogP contribution is -2.36. The van der Waals surface area contributed by atoms with Crippen LogP contribution in [-0.4, -0.2) is 52.0 Å². The number of aromatic nitrogens is 2. The van der Waals surface area contributed by atoms with Crippen LogP contribution in [0.2, 0.25) is 0 Å². The Kier molecular flexibility index (Phi) is 5.06. The van der Waals surface area contributed by atoms with Crippen molar-refractivity contribution in [2.45, 2.75) is 70.3 Å². The van der Waals surface area contributed by atoms with Crippen molar-refractivity contribution in [2.75, 3.05) is 26.2 Å². The van der Waals surface area contributed by atoms with E-state index in [4.69, 9.17) is 4.52 Å². The maximum atomic E-state index is 12.6. The molecule has 4 rings (SSSR count). The number of carbonyl (C=O) groups is 1. The van der Waals surface area contributed by atoms with Crippen LogP contribution in [0.5, 0.6) is 0 Å². The fourth-order valence-electron chi connectivity index (χ4n) is 4.25. The van der Waals surface area contributed by atoms with Crippen molar-refractivity contribution in [1.82, 2.24) is 19.9 Å². The van der Waals surface area contributed by atoms with Crippen LogP contribution in [0.4, 0.5) is 0 Å². The molecular formula is C19H30N4O2. The van der Waals surface area contributed by atoms with Crippen LogP contribution in [0.25, 0.3) is 0 Å². The summed E-state index contributed by atoms with van der Waals surface area (Å²) in [6.07, 6.45) is 9.23. The third kappa shape index (κ3) is 4.05. The summed E-state index contributed by atoms with van der Waals surface area (Å²) in [5.41, 5.74) is 0. The summed E-state index contributed by atoms with van der Waals surface area (Å²) >= 11 is 0. The second kappa shape index (κ2) is 7.44. The molecule has 1 atom stereocenters. The number of amides is 1. The molecule has 3 aliphatic rings. The van der Waals surface area contributed by atoms with Gasteiger partial charge in [-0.2, -0.15) is 4.98 Å². The van der Waals surface area contributed by atoms with E-state index in [1.807, 2.05) is 0 Å². The van der Waals surface area contributed by atoms with Gasteiger partial charge in [0.1, 0.15) is 0 Å². The molecular weight excluding hydrogens is 316 g/mol. The maximum absolute atomic E-state index is 12.6. The predicted octanol–water partition coefficient (Wildman–Crippen LogP) is 3.12. The Balaban J connectivity index is 1.31. The molecule has 0 unspecified atom stereocenters. The first-order valence-corrected chi connectivity index (χ1v) is 10.1. The first-order valence-electron chi connectivity index (χ1n) is 10.1.